The van der Waals surface area contributed by atoms with Gasteiger partial charge in [-0.3, -0.25) is 4.90 Å². The second kappa shape index (κ2) is 11.4. The minimum atomic E-state index is 0.652. The Kier molecular flexibility index (Phi) is 11.4. The molecule has 0 aromatic heterocycles. The van der Waals surface area contributed by atoms with E-state index in [9.17, 15) is 0 Å². The molecule has 3 heteroatoms. The molecule has 0 saturated carbocycles. The van der Waals surface area contributed by atoms with Crippen LogP contribution in [0.4, 0.5) is 0 Å². The first-order valence-electron chi connectivity index (χ1n) is 8.97. The normalized spacial score (nSPS) is 12.9. The molecule has 0 saturated heterocycles. The Bertz CT molecular complexity index is 231. The van der Waals surface area contributed by atoms with Gasteiger partial charge in [0.1, 0.15) is 0 Å². The number of rotatable bonds is 12. The molecule has 0 amide bonds. The third kappa shape index (κ3) is 9.49. The molecule has 128 valence electrons. The molecule has 3 nitrogen and oxygen atoms in total. The molecule has 21 heavy (non-hydrogen) atoms. The molecule has 0 aliphatic heterocycles. The van der Waals surface area contributed by atoms with Crippen LogP contribution in [0.3, 0.4) is 0 Å². The summed E-state index contributed by atoms with van der Waals surface area (Å²) in [7, 11) is 2.26. The van der Waals surface area contributed by atoms with Gasteiger partial charge in [-0.15, -0.1) is 0 Å². The molecular formula is C18H41N3. The van der Waals surface area contributed by atoms with E-state index in [4.69, 9.17) is 0 Å². The Hall–Kier alpha value is -0.120. The van der Waals surface area contributed by atoms with Crippen LogP contribution in [0.2, 0.25) is 0 Å². The summed E-state index contributed by atoms with van der Waals surface area (Å²) >= 11 is 0. The van der Waals surface area contributed by atoms with E-state index in [1.54, 1.807) is 0 Å². The average molecular weight is 300 g/mol. The van der Waals surface area contributed by atoms with Gasteiger partial charge in [0.05, 0.1) is 0 Å². The van der Waals surface area contributed by atoms with Crippen LogP contribution >= 0.6 is 0 Å². The van der Waals surface area contributed by atoms with Crippen molar-refractivity contribution in [2.75, 3.05) is 39.8 Å². The lowest BCUT2D eigenvalue weighted by Crippen LogP contribution is -2.39. The first kappa shape index (κ1) is 20.9. The van der Waals surface area contributed by atoms with Crippen LogP contribution in [0.25, 0.3) is 0 Å². The summed E-state index contributed by atoms with van der Waals surface area (Å²) in [6.07, 6.45) is 2.55. The van der Waals surface area contributed by atoms with E-state index in [1.165, 1.54) is 45.6 Å². The number of hydrogen-bond donors (Lipinski definition) is 0. The lowest BCUT2D eigenvalue weighted by atomic mass is 10.2. The van der Waals surface area contributed by atoms with Gasteiger partial charge < -0.3 is 9.80 Å². The number of hydrogen-bond acceptors (Lipinski definition) is 3. The highest BCUT2D eigenvalue weighted by atomic mass is 15.2. The molecule has 0 spiro atoms. The van der Waals surface area contributed by atoms with Gasteiger partial charge in [-0.1, -0.05) is 6.92 Å². The second-order valence-corrected chi connectivity index (χ2v) is 7.16. The summed E-state index contributed by atoms with van der Waals surface area (Å²) in [6.45, 7) is 22.1. The van der Waals surface area contributed by atoms with Gasteiger partial charge in [-0.05, 0) is 94.2 Å². The molecular weight excluding hydrogens is 258 g/mol. The van der Waals surface area contributed by atoms with Gasteiger partial charge in [0.2, 0.25) is 0 Å². The van der Waals surface area contributed by atoms with Crippen molar-refractivity contribution >= 4 is 0 Å². The minimum absolute atomic E-state index is 0.652. The maximum Gasteiger partial charge on any atom is 0.00413 e. The standard InChI is InChI=1S/C18H41N3/c1-9-20(16(2)3)14-10-12-19(8)13-11-15-21(17(4)5)18(6)7/h16-18H,9-15H2,1-8H3. The molecule has 0 aliphatic carbocycles. The fourth-order valence-corrected chi connectivity index (χ4v) is 3.07. The average Bonchev–Trinajstić information content (AvgIpc) is 2.38. The summed E-state index contributed by atoms with van der Waals surface area (Å²) in [6, 6.07) is 1.98. The largest absolute Gasteiger partial charge is 0.306 e. The smallest absolute Gasteiger partial charge is 0.00413 e. The first-order valence-corrected chi connectivity index (χ1v) is 8.97. The van der Waals surface area contributed by atoms with E-state index < -0.39 is 0 Å². The third-order valence-corrected chi connectivity index (χ3v) is 4.40. The zero-order valence-electron chi connectivity index (χ0n) is 16.0. The van der Waals surface area contributed by atoms with Crippen molar-refractivity contribution in [1.29, 1.82) is 0 Å². The van der Waals surface area contributed by atoms with Gasteiger partial charge in [0, 0.05) is 18.1 Å². The Labute approximate surface area is 134 Å². The monoisotopic (exact) mass is 299 g/mol. The van der Waals surface area contributed by atoms with Crippen molar-refractivity contribution in [3.63, 3.8) is 0 Å². The summed E-state index contributed by atoms with van der Waals surface area (Å²) < 4.78 is 0. The maximum absolute atomic E-state index is 2.59. The van der Waals surface area contributed by atoms with Crippen molar-refractivity contribution in [3.8, 4) is 0 Å². The molecule has 0 radical (unpaired) electrons. The molecule has 0 bridgehead atoms. The fourth-order valence-electron chi connectivity index (χ4n) is 3.07. The van der Waals surface area contributed by atoms with Crippen molar-refractivity contribution in [2.45, 2.75) is 79.4 Å². The van der Waals surface area contributed by atoms with Crippen molar-refractivity contribution in [2.24, 2.45) is 0 Å². The van der Waals surface area contributed by atoms with Crippen molar-refractivity contribution < 1.29 is 0 Å². The summed E-state index contributed by atoms with van der Waals surface area (Å²) in [4.78, 5) is 7.63. The molecule has 0 N–H and O–H groups in total. The molecule has 0 aliphatic rings. The van der Waals surface area contributed by atoms with Gasteiger partial charge >= 0.3 is 0 Å². The highest BCUT2D eigenvalue weighted by molar-refractivity contribution is 4.68. The van der Waals surface area contributed by atoms with Gasteiger partial charge in [-0.2, -0.15) is 0 Å². The first-order chi connectivity index (χ1) is 9.79. The SMILES string of the molecule is CCN(CCCN(C)CCCN(C(C)C)C(C)C)C(C)C. The molecule has 0 atom stereocenters. The molecule has 0 heterocycles. The predicted octanol–water partition coefficient (Wildman–Crippen LogP) is 3.55. The van der Waals surface area contributed by atoms with Gasteiger partial charge in [0.25, 0.3) is 0 Å². The Morgan fingerprint density at radius 3 is 1.52 bits per heavy atom. The van der Waals surface area contributed by atoms with Crippen LogP contribution in [-0.4, -0.2) is 72.6 Å². The van der Waals surface area contributed by atoms with E-state index in [1.807, 2.05) is 0 Å². The topological polar surface area (TPSA) is 9.72 Å². The lowest BCUT2D eigenvalue weighted by Gasteiger charge is -2.31. The zero-order chi connectivity index (χ0) is 16.4. The van der Waals surface area contributed by atoms with Crippen LogP contribution in [0.15, 0.2) is 0 Å². The minimum Gasteiger partial charge on any atom is -0.306 e. The Balaban J connectivity index is 3.82. The van der Waals surface area contributed by atoms with E-state index in [-0.39, 0.29) is 0 Å². The highest BCUT2D eigenvalue weighted by Crippen LogP contribution is 2.06. The van der Waals surface area contributed by atoms with E-state index in [0.29, 0.717) is 18.1 Å². The predicted molar refractivity (Wildman–Crippen MR) is 96.1 cm³/mol. The Morgan fingerprint density at radius 1 is 0.667 bits per heavy atom. The van der Waals surface area contributed by atoms with Crippen LogP contribution in [0, 0.1) is 0 Å². The van der Waals surface area contributed by atoms with E-state index in [0.717, 1.165) is 0 Å². The summed E-state index contributed by atoms with van der Waals surface area (Å²) in [5, 5.41) is 0. The quantitative estimate of drug-likeness (QED) is 0.546. The summed E-state index contributed by atoms with van der Waals surface area (Å²) in [5.74, 6) is 0. The number of nitrogens with zero attached hydrogens (tertiary/aromatic N) is 3. The van der Waals surface area contributed by atoms with Crippen LogP contribution in [-0.2, 0) is 0 Å². The zero-order valence-corrected chi connectivity index (χ0v) is 16.0. The highest BCUT2D eigenvalue weighted by Gasteiger charge is 2.13. The van der Waals surface area contributed by atoms with E-state index >= 15 is 0 Å². The molecule has 0 unspecified atom stereocenters. The fraction of sp³-hybridized carbons (Fsp3) is 1.00. The molecule has 0 aromatic rings. The van der Waals surface area contributed by atoms with Gasteiger partial charge in [0.15, 0.2) is 0 Å². The van der Waals surface area contributed by atoms with Gasteiger partial charge in [-0.25, -0.2) is 0 Å². The molecule has 0 rings (SSSR count). The van der Waals surface area contributed by atoms with Crippen LogP contribution in [0.5, 0.6) is 0 Å². The third-order valence-electron chi connectivity index (χ3n) is 4.40. The maximum atomic E-state index is 2.59. The molecule has 0 aromatic carbocycles. The van der Waals surface area contributed by atoms with Crippen molar-refractivity contribution in [3.05, 3.63) is 0 Å². The molecule has 0 fully saturated rings. The lowest BCUT2D eigenvalue weighted by molar-refractivity contribution is 0.162. The Morgan fingerprint density at radius 2 is 1.14 bits per heavy atom. The van der Waals surface area contributed by atoms with E-state index in [2.05, 4.69) is 70.2 Å². The summed E-state index contributed by atoms with van der Waals surface area (Å²) in [5.41, 5.74) is 0. The van der Waals surface area contributed by atoms with Crippen LogP contribution < -0.4 is 0 Å². The van der Waals surface area contributed by atoms with Crippen molar-refractivity contribution in [1.82, 2.24) is 14.7 Å². The van der Waals surface area contributed by atoms with Crippen LogP contribution in [0.1, 0.15) is 61.3 Å². The second-order valence-electron chi connectivity index (χ2n) is 7.16.